The quantitative estimate of drug-likeness (QED) is 0.575. The average molecular weight is 269 g/mol. The van der Waals surface area contributed by atoms with Gasteiger partial charge in [-0.05, 0) is 12.1 Å². The summed E-state index contributed by atoms with van der Waals surface area (Å²) in [5.41, 5.74) is 0. The highest BCUT2D eigenvalue weighted by atomic mass is 16.4. The van der Waals surface area contributed by atoms with Crippen LogP contribution in [0.2, 0.25) is 0 Å². The predicted molar refractivity (Wildman–Crippen MR) is 64.6 cm³/mol. The van der Waals surface area contributed by atoms with Crippen LogP contribution in [-0.2, 0) is 11.3 Å². The van der Waals surface area contributed by atoms with Crippen molar-refractivity contribution in [2.24, 2.45) is 0 Å². The van der Waals surface area contributed by atoms with Crippen LogP contribution in [0.5, 0.6) is 0 Å². The van der Waals surface area contributed by atoms with Crippen LogP contribution >= 0.6 is 0 Å². The van der Waals surface area contributed by atoms with Crippen molar-refractivity contribution in [2.75, 3.05) is 13.6 Å². The van der Waals surface area contributed by atoms with Gasteiger partial charge in [0.15, 0.2) is 0 Å². The van der Waals surface area contributed by atoms with Gasteiger partial charge in [0, 0.05) is 20.0 Å². The molecule has 0 bridgehead atoms. The van der Waals surface area contributed by atoms with Crippen molar-refractivity contribution in [1.82, 2.24) is 16.0 Å². The molecule has 1 aromatic rings. The molecule has 104 valence electrons. The Balaban J connectivity index is 2.26. The molecule has 1 rings (SSSR count). The smallest absolute Gasteiger partial charge is 0.371 e. The lowest BCUT2D eigenvalue weighted by Gasteiger charge is -2.05. The molecule has 8 nitrogen and oxygen atoms in total. The average Bonchev–Trinajstić information content (AvgIpc) is 2.85. The molecule has 4 N–H and O–H groups in total. The number of carbonyl (C=O) groups excluding carboxylic acids is 2. The van der Waals surface area contributed by atoms with E-state index in [0.717, 1.165) is 0 Å². The summed E-state index contributed by atoms with van der Waals surface area (Å²) in [4.78, 5) is 32.8. The van der Waals surface area contributed by atoms with Crippen LogP contribution in [0, 0.1) is 0 Å². The van der Waals surface area contributed by atoms with Crippen molar-refractivity contribution < 1.29 is 23.9 Å². The van der Waals surface area contributed by atoms with Crippen molar-refractivity contribution in [3.05, 3.63) is 23.7 Å². The molecule has 19 heavy (non-hydrogen) atoms. The van der Waals surface area contributed by atoms with Gasteiger partial charge in [-0.25, -0.2) is 9.59 Å². The number of rotatable bonds is 6. The normalized spacial score (nSPS) is 9.74. The molecule has 1 aromatic heterocycles. The number of carboxylic acid groups (broad SMARTS) is 1. The van der Waals surface area contributed by atoms with E-state index in [1.54, 1.807) is 0 Å². The second-order valence-electron chi connectivity index (χ2n) is 3.60. The summed E-state index contributed by atoms with van der Waals surface area (Å²) in [6.07, 6.45) is 0.188. The van der Waals surface area contributed by atoms with Crippen LogP contribution in [0.1, 0.15) is 22.7 Å². The van der Waals surface area contributed by atoms with Gasteiger partial charge in [0.25, 0.3) is 0 Å². The Morgan fingerprint density at radius 2 is 2.00 bits per heavy atom. The zero-order chi connectivity index (χ0) is 14.3. The van der Waals surface area contributed by atoms with Gasteiger partial charge < -0.3 is 25.5 Å². The number of hydrogen-bond acceptors (Lipinski definition) is 4. The van der Waals surface area contributed by atoms with Gasteiger partial charge in [-0.1, -0.05) is 0 Å². The third kappa shape index (κ3) is 5.11. The fourth-order valence-electron chi connectivity index (χ4n) is 1.23. The Hall–Kier alpha value is -2.51. The van der Waals surface area contributed by atoms with E-state index in [2.05, 4.69) is 16.0 Å². The lowest BCUT2D eigenvalue weighted by molar-refractivity contribution is -0.120. The topological polar surface area (TPSA) is 121 Å². The van der Waals surface area contributed by atoms with E-state index in [1.165, 1.54) is 19.2 Å². The summed E-state index contributed by atoms with van der Waals surface area (Å²) in [5, 5.41) is 16.0. The van der Waals surface area contributed by atoms with Crippen LogP contribution in [-0.4, -0.2) is 36.6 Å². The van der Waals surface area contributed by atoms with E-state index >= 15 is 0 Å². The Kier molecular flexibility index (Phi) is 5.39. The minimum atomic E-state index is -1.17. The van der Waals surface area contributed by atoms with Crippen molar-refractivity contribution in [1.29, 1.82) is 0 Å². The molecule has 0 unspecified atom stereocenters. The molecule has 0 aromatic carbocycles. The minimum Gasteiger partial charge on any atom is -0.475 e. The predicted octanol–water partition coefficient (Wildman–Crippen LogP) is -0.0869. The summed E-state index contributed by atoms with van der Waals surface area (Å²) >= 11 is 0. The summed E-state index contributed by atoms with van der Waals surface area (Å²) in [6, 6.07) is 2.31. The summed E-state index contributed by atoms with van der Waals surface area (Å²) < 4.78 is 4.95. The molecule has 1 heterocycles. The molecule has 0 aliphatic carbocycles. The lowest BCUT2D eigenvalue weighted by Crippen LogP contribution is -2.37. The van der Waals surface area contributed by atoms with E-state index in [4.69, 9.17) is 9.52 Å². The van der Waals surface area contributed by atoms with Crippen LogP contribution in [0.15, 0.2) is 16.5 Å². The first-order chi connectivity index (χ1) is 9.02. The second kappa shape index (κ2) is 7.04. The van der Waals surface area contributed by atoms with E-state index in [0.29, 0.717) is 5.76 Å². The SMILES string of the molecule is CNC(=O)CCNC(=O)NCc1ccc(C(=O)O)o1. The van der Waals surface area contributed by atoms with Crippen LogP contribution in [0.4, 0.5) is 4.79 Å². The molecule has 3 amide bonds. The van der Waals surface area contributed by atoms with Crippen LogP contribution in [0.3, 0.4) is 0 Å². The summed E-state index contributed by atoms with van der Waals surface area (Å²) in [5.74, 6) is -1.19. The maximum Gasteiger partial charge on any atom is 0.371 e. The van der Waals surface area contributed by atoms with E-state index in [1.807, 2.05) is 0 Å². The van der Waals surface area contributed by atoms with Gasteiger partial charge in [0.2, 0.25) is 11.7 Å². The van der Waals surface area contributed by atoms with Crippen molar-refractivity contribution in [2.45, 2.75) is 13.0 Å². The number of furan rings is 1. The molecule has 0 spiro atoms. The fraction of sp³-hybridized carbons (Fsp3) is 0.364. The van der Waals surface area contributed by atoms with Gasteiger partial charge in [-0.3, -0.25) is 4.79 Å². The molecular formula is C11H15N3O5. The number of carbonyl (C=O) groups is 3. The Morgan fingerprint density at radius 3 is 2.58 bits per heavy atom. The van der Waals surface area contributed by atoms with Gasteiger partial charge in [-0.15, -0.1) is 0 Å². The monoisotopic (exact) mass is 269 g/mol. The number of aromatic carboxylic acids is 1. The molecular weight excluding hydrogens is 254 g/mol. The molecule has 0 saturated heterocycles. The molecule has 0 fully saturated rings. The third-order valence-corrected chi connectivity index (χ3v) is 2.21. The number of urea groups is 1. The van der Waals surface area contributed by atoms with Crippen molar-refractivity contribution in [3.63, 3.8) is 0 Å². The summed E-state index contributed by atoms with van der Waals surface area (Å²) in [7, 11) is 1.51. The third-order valence-electron chi connectivity index (χ3n) is 2.21. The molecule has 0 radical (unpaired) electrons. The number of amides is 3. The van der Waals surface area contributed by atoms with E-state index in [9.17, 15) is 14.4 Å². The first-order valence-corrected chi connectivity index (χ1v) is 5.57. The number of carboxylic acids is 1. The summed E-state index contributed by atoms with van der Waals surface area (Å²) in [6.45, 7) is 0.281. The second-order valence-corrected chi connectivity index (χ2v) is 3.60. The van der Waals surface area contributed by atoms with Gasteiger partial charge in [0.05, 0.1) is 6.54 Å². The molecule has 0 atom stereocenters. The zero-order valence-corrected chi connectivity index (χ0v) is 10.4. The molecule has 0 saturated carbocycles. The number of hydrogen-bond donors (Lipinski definition) is 4. The van der Waals surface area contributed by atoms with Gasteiger partial charge in [0.1, 0.15) is 5.76 Å². The van der Waals surface area contributed by atoms with Crippen molar-refractivity contribution in [3.8, 4) is 0 Å². The molecule has 0 aliphatic rings. The molecule has 0 aliphatic heterocycles. The standard InChI is InChI=1S/C11H15N3O5/c1-12-9(15)4-5-13-11(18)14-6-7-2-3-8(19-7)10(16)17/h2-3H,4-6H2,1H3,(H,12,15)(H,16,17)(H2,13,14,18). The fourth-order valence-corrected chi connectivity index (χ4v) is 1.23. The number of nitrogens with one attached hydrogen (secondary N) is 3. The zero-order valence-electron chi connectivity index (χ0n) is 10.4. The van der Waals surface area contributed by atoms with E-state index in [-0.39, 0.29) is 31.2 Å². The van der Waals surface area contributed by atoms with Crippen molar-refractivity contribution >= 4 is 17.9 Å². The lowest BCUT2D eigenvalue weighted by atomic mass is 10.4. The maximum atomic E-state index is 11.3. The molecule has 8 heteroatoms. The van der Waals surface area contributed by atoms with Crippen LogP contribution in [0.25, 0.3) is 0 Å². The Bertz CT molecular complexity index is 469. The van der Waals surface area contributed by atoms with E-state index < -0.39 is 12.0 Å². The highest BCUT2D eigenvalue weighted by Crippen LogP contribution is 2.07. The Morgan fingerprint density at radius 1 is 1.26 bits per heavy atom. The Labute approximate surface area is 109 Å². The minimum absolute atomic E-state index is 0.0685. The first kappa shape index (κ1) is 14.6. The maximum absolute atomic E-state index is 11.3. The highest BCUT2D eigenvalue weighted by molar-refractivity contribution is 5.84. The highest BCUT2D eigenvalue weighted by Gasteiger charge is 2.09. The van der Waals surface area contributed by atoms with Gasteiger partial charge >= 0.3 is 12.0 Å². The van der Waals surface area contributed by atoms with Crippen LogP contribution < -0.4 is 16.0 Å². The first-order valence-electron chi connectivity index (χ1n) is 5.57. The largest absolute Gasteiger partial charge is 0.475 e. The van der Waals surface area contributed by atoms with Gasteiger partial charge in [-0.2, -0.15) is 0 Å².